The Morgan fingerprint density at radius 1 is 1.29 bits per heavy atom. The Balaban J connectivity index is 2.19. The SMILES string of the molecule is [CH2]CCCCc1cccc2scnc12. The van der Waals surface area contributed by atoms with Gasteiger partial charge in [0.1, 0.15) is 0 Å². The molecule has 0 N–H and O–H groups in total. The maximum atomic E-state index is 4.40. The van der Waals surface area contributed by atoms with Crippen molar-refractivity contribution < 1.29 is 0 Å². The molecule has 2 heteroatoms. The van der Waals surface area contributed by atoms with Gasteiger partial charge in [-0.2, -0.15) is 0 Å². The van der Waals surface area contributed by atoms with Crippen LogP contribution in [0.2, 0.25) is 0 Å². The van der Waals surface area contributed by atoms with Crippen molar-refractivity contribution >= 4 is 21.6 Å². The van der Waals surface area contributed by atoms with Gasteiger partial charge in [-0.15, -0.1) is 11.3 Å². The predicted octanol–water partition coefficient (Wildman–Crippen LogP) is 3.84. The lowest BCUT2D eigenvalue weighted by molar-refractivity contribution is 0.748. The van der Waals surface area contributed by atoms with Crippen LogP contribution < -0.4 is 0 Å². The van der Waals surface area contributed by atoms with Crippen LogP contribution in [0, 0.1) is 6.92 Å². The van der Waals surface area contributed by atoms with Crippen LogP contribution in [0.15, 0.2) is 23.7 Å². The number of rotatable bonds is 4. The summed E-state index contributed by atoms with van der Waals surface area (Å²) in [5, 5.41) is 0. The smallest absolute Gasteiger partial charge is 0.0843 e. The molecule has 1 heterocycles. The summed E-state index contributed by atoms with van der Waals surface area (Å²) in [6, 6.07) is 6.45. The number of unbranched alkanes of at least 4 members (excludes halogenated alkanes) is 2. The molecule has 2 aromatic rings. The van der Waals surface area contributed by atoms with Crippen LogP contribution in [0.5, 0.6) is 0 Å². The molecule has 0 spiro atoms. The van der Waals surface area contributed by atoms with Gasteiger partial charge in [0.2, 0.25) is 0 Å². The van der Waals surface area contributed by atoms with Crippen molar-refractivity contribution in [3.05, 3.63) is 36.2 Å². The average Bonchev–Trinajstić information content (AvgIpc) is 2.67. The fraction of sp³-hybridized carbons (Fsp3) is 0.333. The maximum absolute atomic E-state index is 4.40. The summed E-state index contributed by atoms with van der Waals surface area (Å²) >= 11 is 1.72. The van der Waals surface area contributed by atoms with Crippen molar-refractivity contribution in [1.82, 2.24) is 4.98 Å². The van der Waals surface area contributed by atoms with E-state index >= 15 is 0 Å². The lowest BCUT2D eigenvalue weighted by Gasteiger charge is -2.00. The number of hydrogen-bond donors (Lipinski definition) is 0. The number of hydrogen-bond acceptors (Lipinski definition) is 2. The van der Waals surface area contributed by atoms with Crippen molar-refractivity contribution in [3.63, 3.8) is 0 Å². The standard InChI is InChI=1S/C12H14NS/c1-2-3-4-6-10-7-5-8-11-12(10)13-9-14-11/h5,7-9H,1-4,6H2. The number of thiazole rings is 1. The molecule has 0 fully saturated rings. The van der Waals surface area contributed by atoms with E-state index in [-0.39, 0.29) is 0 Å². The van der Waals surface area contributed by atoms with E-state index in [0.717, 1.165) is 12.8 Å². The Hall–Kier alpha value is -0.890. The Bertz CT molecular complexity index is 405. The summed E-state index contributed by atoms with van der Waals surface area (Å²) in [4.78, 5) is 4.40. The zero-order chi connectivity index (χ0) is 9.80. The number of fused-ring (bicyclic) bond motifs is 1. The second-order valence-corrected chi connectivity index (χ2v) is 4.31. The van der Waals surface area contributed by atoms with Gasteiger partial charge in [-0.1, -0.05) is 31.9 Å². The maximum Gasteiger partial charge on any atom is 0.0843 e. The summed E-state index contributed by atoms with van der Waals surface area (Å²) < 4.78 is 1.30. The second-order valence-electron chi connectivity index (χ2n) is 3.43. The van der Waals surface area contributed by atoms with Crippen LogP contribution in [-0.2, 0) is 6.42 Å². The normalized spacial score (nSPS) is 10.9. The highest BCUT2D eigenvalue weighted by molar-refractivity contribution is 7.16. The quantitative estimate of drug-likeness (QED) is 0.689. The first-order valence-electron chi connectivity index (χ1n) is 5.02. The summed E-state index contributed by atoms with van der Waals surface area (Å²) in [5.74, 6) is 0. The van der Waals surface area contributed by atoms with Crippen molar-refractivity contribution in [2.75, 3.05) is 0 Å². The van der Waals surface area contributed by atoms with Crippen molar-refractivity contribution in [1.29, 1.82) is 0 Å². The zero-order valence-electron chi connectivity index (χ0n) is 8.20. The molecule has 1 nitrogen and oxygen atoms in total. The molecule has 73 valence electrons. The highest BCUT2D eigenvalue weighted by Gasteiger charge is 2.02. The van der Waals surface area contributed by atoms with Gasteiger partial charge < -0.3 is 0 Å². The molecule has 2 rings (SSSR count). The highest BCUT2D eigenvalue weighted by Crippen LogP contribution is 2.22. The van der Waals surface area contributed by atoms with E-state index in [9.17, 15) is 0 Å². The van der Waals surface area contributed by atoms with Gasteiger partial charge in [-0.25, -0.2) is 4.98 Å². The molecule has 0 atom stereocenters. The fourth-order valence-corrected chi connectivity index (χ4v) is 2.36. The molecule has 0 unspecified atom stereocenters. The minimum atomic E-state index is 1.03. The molecule has 1 radical (unpaired) electrons. The molecule has 1 aromatic heterocycles. The molecule has 0 amide bonds. The van der Waals surface area contributed by atoms with Crippen molar-refractivity contribution in [2.24, 2.45) is 0 Å². The van der Waals surface area contributed by atoms with E-state index in [1.165, 1.54) is 28.6 Å². The van der Waals surface area contributed by atoms with E-state index in [4.69, 9.17) is 0 Å². The molecular formula is C12H14NS. The summed E-state index contributed by atoms with van der Waals surface area (Å²) in [7, 11) is 0. The molecule has 0 aliphatic rings. The summed E-state index contributed by atoms with van der Waals surface area (Å²) in [6.45, 7) is 3.86. The number of benzene rings is 1. The number of para-hydroxylation sites is 1. The van der Waals surface area contributed by atoms with Gasteiger partial charge in [-0.05, 0) is 24.5 Å². The fourth-order valence-electron chi connectivity index (χ4n) is 1.64. The first-order valence-corrected chi connectivity index (χ1v) is 5.90. The van der Waals surface area contributed by atoms with Crippen LogP contribution >= 0.6 is 11.3 Å². The van der Waals surface area contributed by atoms with Gasteiger partial charge in [0.25, 0.3) is 0 Å². The third-order valence-corrected chi connectivity index (χ3v) is 3.18. The van der Waals surface area contributed by atoms with Gasteiger partial charge in [0.05, 0.1) is 15.7 Å². The number of aromatic nitrogens is 1. The van der Waals surface area contributed by atoms with Crippen LogP contribution in [0.3, 0.4) is 0 Å². The van der Waals surface area contributed by atoms with Gasteiger partial charge in [-0.3, -0.25) is 0 Å². The van der Waals surface area contributed by atoms with Crippen LogP contribution in [-0.4, -0.2) is 4.98 Å². The largest absolute Gasteiger partial charge is 0.244 e. The van der Waals surface area contributed by atoms with Crippen molar-refractivity contribution in [3.8, 4) is 0 Å². The van der Waals surface area contributed by atoms with Gasteiger partial charge in [0.15, 0.2) is 0 Å². The van der Waals surface area contributed by atoms with E-state index in [1.807, 2.05) is 5.51 Å². The van der Waals surface area contributed by atoms with Gasteiger partial charge in [0, 0.05) is 0 Å². The summed E-state index contributed by atoms with van der Waals surface area (Å²) in [5.41, 5.74) is 4.51. The van der Waals surface area contributed by atoms with Crippen LogP contribution in [0.25, 0.3) is 10.2 Å². The summed E-state index contributed by atoms with van der Waals surface area (Å²) in [6.07, 6.45) is 4.60. The molecule has 14 heavy (non-hydrogen) atoms. The third-order valence-electron chi connectivity index (χ3n) is 2.39. The minimum Gasteiger partial charge on any atom is -0.244 e. The Labute approximate surface area is 88.8 Å². The topological polar surface area (TPSA) is 12.9 Å². The molecule has 0 saturated carbocycles. The van der Waals surface area contributed by atoms with Crippen molar-refractivity contribution in [2.45, 2.75) is 25.7 Å². The van der Waals surface area contributed by atoms with Gasteiger partial charge >= 0.3 is 0 Å². The highest BCUT2D eigenvalue weighted by atomic mass is 32.1. The van der Waals surface area contributed by atoms with E-state index in [1.54, 1.807) is 11.3 Å². The minimum absolute atomic E-state index is 1.03. The molecule has 0 aliphatic heterocycles. The monoisotopic (exact) mass is 204 g/mol. The second kappa shape index (κ2) is 4.56. The Kier molecular flexibility index (Phi) is 3.14. The average molecular weight is 204 g/mol. The van der Waals surface area contributed by atoms with E-state index in [0.29, 0.717) is 0 Å². The molecule has 1 aromatic carbocycles. The third kappa shape index (κ3) is 1.95. The van der Waals surface area contributed by atoms with Crippen LogP contribution in [0.1, 0.15) is 24.8 Å². The Morgan fingerprint density at radius 2 is 2.21 bits per heavy atom. The molecule has 0 bridgehead atoms. The lowest BCUT2D eigenvalue weighted by Crippen LogP contribution is -1.86. The number of aryl methyl sites for hydroxylation is 1. The molecular weight excluding hydrogens is 190 g/mol. The lowest BCUT2D eigenvalue weighted by atomic mass is 10.1. The predicted molar refractivity (Wildman–Crippen MR) is 62.5 cm³/mol. The Morgan fingerprint density at radius 3 is 3.07 bits per heavy atom. The van der Waals surface area contributed by atoms with E-state index in [2.05, 4.69) is 30.1 Å². The zero-order valence-corrected chi connectivity index (χ0v) is 9.02. The number of nitrogens with zero attached hydrogens (tertiary/aromatic N) is 1. The molecule has 0 aliphatic carbocycles. The van der Waals surface area contributed by atoms with Crippen LogP contribution in [0.4, 0.5) is 0 Å². The first kappa shape index (κ1) is 9.66. The van der Waals surface area contributed by atoms with E-state index < -0.39 is 0 Å². The molecule has 0 saturated heterocycles. The first-order chi connectivity index (χ1) is 6.92.